The number of aromatic nitrogens is 1. The van der Waals surface area contributed by atoms with Crippen LogP contribution < -0.4 is 0 Å². The number of aromatic carboxylic acids is 1. The van der Waals surface area contributed by atoms with E-state index in [-0.39, 0.29) is 5.56 Å². The van der Waals surface area contributed by atoms with Crippen LogP contribution in [0.3, 0.4) is 0 Å². The minimum Gasteiger partial charge on any atom is -0.478 e. The SMILES string of the molecule is COCCN(CCOC)Cc1ccc(C(=O)O)cn1. The van der Waals surface area contributed by atoms with E-state index >= 15 is 0 Å². The summed E-state index contributed by atoms with van der Waals surface area (Å²) in [5.41, 5.74) is 1.03. The largest absolute Gasteiger partial charge is 0.478 e. The van der Waals surface area contributed by atoms with Crippen LogP contribution in [0.5, 0.6) is 0 Å². The average Bonchev–Trinajstić information content (AvgIpc) is 2.42. The van der Waals surface area contributed by atoms with E-state index in [1.807, 2.05) is 0 Å². The molecule has 0 aliphatic rings. The number of nitrogens with zero attached hydrogens (tertiary/aromatic N) is 2. The van der Waals surface area contributed by atoms with Crippen molar-refractivity contribution in [2.24, 2.45) is 0 Å². The molecule has 0 unspecified atom stereocenters. The average molecular weight is 268 g/mol. The van der Waals surface area contributed by atoms with Gasteiger partial charge in [-0.1, -0.05) is 0 Å². The normalized spacial score (nSPS) is 10.9. The van der Waals surface area contributed by atoms with Gasteiger partial charge in [0.15, 0.2) is 0 Å². The molecular formula is C13H20N2O4. The number of methoxy groups -OCH3 is 2. The topological polar surface area (TPSA) is 71.9 Å². The summed E-state index contributed by atoms with van der Waals surface area (Å²) in [7, 11) is 3.32. The van der Waals surface area contributed by atoms with Crippen LogP contribution in [0, 0.1) is 0 Å². The fourth-order valence-corrected chi connectivity index (χ4v) is 1.58. The Morgan fingerprint density at radius 1 is 1.26 bits per heavy atom. The smallest absolute Gasteiger partial charge is 0.337 e. The molecule has 6 nitrogen and oxygen atoms in total. The quantitative estimate of drug-likeness (QED) is 0.716. The van der Waals surface area contributed by atoms with Crippen LogP contribution in [-0.2, 0) is 16.0 Å². The van der Waals surface area contributed by atoms with Gasteiger partial charge in [-0.2, -0.15) is 0 Å². The van der Waals surface area contributed by atoms with Crippen LogP contribution in [0.4, 0.5) is 0 Å². The van der Waals surface area contributed by atoms with Gasteiger partial charge in [0.1, 0.15) is 0 Å². The second-order valence-corrected chi connectivity index (χ2v) is 4.11. The van der Waals surface area contributed by atoms with Gasteiger partial charge in [-0.15, -0.1) is 0 Å². The molecule has 0 fully saturated rings. The van der Waals surface area contributed by atoms with Gasteiger partial charge in [0.25, 0.3) is 0 Å². The lowest BCUT2D eigenvalue weighted by Gasteiger charge is -2.21. The van der Waals surface area contributed by atoms with Gasteiger partial charge in [-0.3, -0.25) is 9.88 Å². The number of pyridine rings is 1. The van der Waals surface area contributed by atoms with Crippen molar-refractivity contribution < 1.29 is 19.4 Å². The molecule has 106 valence electrons. The highest BCUT2D eigenvalue weighted by atomic mass is 16.5. The van der Waals surface area contributed by atoms with E-state index < -0.39 is 5.97 Å². The van der Waals surface area contributed by atoms with E-state index in [2.05, 4.69) is 9.88 Å². The summed E-state index contributed by atoms with van der Waals surface area (Å²) in [5, 5.41) is 8.81. The summed E-state index contributed by atoms with van der Waals surface area (Å²) in [6, 6.07) is 3.30. The first kappa shape index (κ1) is 15.6. The van der Waals surface area contributed by atoms with Crippen LogP contribution in [0.15, 0.2) is 18.3 Å². The van der Waals surface area contributed by atoms with E-state index in [1.165, 1.54) is 6.20 Å². The van der Waals surface area contributed by atoms with Gasteiger partial charge in [0.2, 0.25) is 0 Å². The zero-order chi connectivity index (χ0) is 14.1. The molecule has 0 aromatic carbocycles. The van der Waals surface area contributed by atoms with Crippen LogP contribution in [0.25, 0.3) is 0 Å². The van der Waals surface area contributed by atoms with Crippen molar-refractivity contribution >= 4 is 5.97 Å². The molecule has 1 rings (SSSR count). The molecule has 1 aromatic rings. The fraction of sp³-hybridized carbons (Fsp3) is 0.538. The van der Waals surface area contributed by atoms with Gasteiger partial charge in [0.05, 0.1) is 24.5 Å². The highest BCUT2D eigenvalue weighted by Gasteiger charge is 2.08. The lowest BCUT2D eigenvalue weighted by atomic mass is 10.2. The molecule has 0 saturated heterocycles. The zero-order valence-electron chi connectivity index (χ0n) is 11.3. The summed E-state index contributed by atoms with van der Waals surface area (Å²) in [6.45, 7) is 3.48. The molecule has 0 aliphatic carbocycles. The Morgan fingerprint density at radius 3 is 2.32 bits per heavy atom. The van der Waals surface area contributed by atoms with E-state index in [0.29, 0.717) is 19.8 Å². The molecule has 0 spiro atoms. The third kappa shape index (κ3) is 5.78. The monoisotopic (exact) mass is 268 g/mol. The fourth-order valence-electron chi connectivity index (χ4n) is 1.58. The number of carboxylic acid groups (broad SMARTS) is 1. The Hall–Kier alpha value is -1.50. The maximum atomic E-state index is 10.7. The first-order chi connectivity index (χ1) is 9.17. The Balaban J connectivity index is 2.58. The highest BCUT2D eigenvalue weighted by Crippen LogP contribution is 2.04. The van der Waals surface area contributed by atoms with Gasteiger partial charge in [-0.05, 0) is 12.1 Å². The summed E-state index contributed by atoms with van der Waals surface area (Å²) >= 11 is 0. The minimum atomic E-state index is -0.963. The molecule has 1 aromatic heterocycles. The van der Waals surface area contributed by atoms with Crippen LogP contribution in [0.2, 0.25) is 0 Å². The second kappa shape index (κ2) is 8.58. The molecule has 0 radical (unpaired) electrons. The lowest BCUT2D eigenvalue weighted by molar-refractivity contribution is 0.0696. The number of rotatable bonds is 9. The number of ether oxygens (including phenoxy) is 2. The Bertz CT molecular complexity index is 373. The third-order valence-corrected chi connectivity index (χ3v) is 2.68. The van der Waals surface area contributed by atoms with E-state index in [0.717, 1.165) is 18.8 Å². The molecule has 0 aliphatic heterocycles. The number of hydrogen-bond donors (Lipinski definition) is 1. The van der Waals surface area contributed by atoms with Crippen LogP contribution in [0.1, 0.15) is 16.1 Å². The molecule has 1 heterocycles. The van der Waals surface area contributed by atoms with Crippen molar-refractivity contribution in [3.05, 3.63) is 29.6 Å². The highest BCUT2D eigenvalue weighted by molar-refractivity contribution is 5.87. The van der Waals surface area contributed by atoms with Gasteiger partial charge < -0.3 is 14.6 Å². The summed E-state index contributed by atoms with van der Waals surface area (Å²) in [6.07, 6.45) is 1.38. The molecular weight excluding hydrogens is 248 g/mol. The van der Waals surface area contributed by atoms with Gasteiger partial charge in [-0.25, -0.2) is 4.79 Å². The predicted octanol–water partition coefficient (Wildman–Crippen LogP) is 0.875. The van der Waals surface area contributed by atoms with Crippen LogP contribution in [-0.4, -0.2) is 61.5 Å². The first-order valence-corrected chi connectivity index (χ1v) is 6.05. The maximum Gasteiger partial charge on any atom is 0.337 e. The maximum absolute atomic E-state index is 10.7. The third-order valence-electron chi connectivity index (χ3n) is 2.68. The Morgan fingerprint density at radius 2 is 1.89 bits per heavy atom. The summed E-state index contributed by atoms with van der Waals surface area (Å²) < 4.78 is 10.1. The second-order valence-electron chi connectivity index (χ2n) is 4.11. The number of carboxylic acids is 1. The molecule has 6 heteroatoms. The van der Waals surface area contributed by atoms with Crippen molar-refractivity contribution in [1.82, 2.24) is 9.88 Å². The van der Waals surface area contributed by atoms with Crippen molar-refractivity contribution in [3.63, 3.8) is 0 Å². The van der Waals surface area contributed by atoms with Crippen molar-refractivity contribution in [2.45, 2.75) is 6.54 Å². The lowest BCUT2D eigenvalue weighted by Crippen LogP contribution is -2.30. The molecule has 0 bridgehead atoms. The van der Waals surface area contributed by atoms with E-state index in [1.54, 1.807) is 26.4 Å². The standard InChI is InChI=1S/C13H20N2O4/c1-18-7-5-15(6-8-19-2)10-12-4-3-11(9-14-12)13(16)17/h3-4,9H,5-8,10H2,1-2H3,(H,16,17). The van der Waals surface area contributed by atoms with Crippen molar-refractivity contribution in [2.75, 3.05) is 40.5 Å². The summed E-state index contributed by atoms with van der Waals surface area (Å²) in [4.78, 5) is 17.0. The van der Waals surface area contributed by atoms with Gasteiger partial charge in [0, 0.05) is 40.1 Å². The van der Waals surface area contributed by atoms with Crippen molar-refractivity contribution in [1.29, 1.82) is 0 Å². The minimum absolute atomic E-state index is 0.198. The molecule has 0 saturated carbocycles. The Labute approximate surface area is 113 Å². The van der Waals surface area contributed by atoms with Gasteiger partial charge >= 0.3 is 5.97 Å². The van der Waals surface area contributed by atoms with Crippen molar-refractivity contribution in [3.8, 4) is 0 Å². The first-order valence-electron chi connectivity index (χ1n) is 6.05. The number of carbonyl (C=O) groups is 1. The van der Waals surface area contributed by atoms with Crippen LogP contribution >= 0.6 is 0 Å². The van der Waals surface area contributed by atoms with E-state index in [9.17, 15) is 4.79 Å². The molecule has 0 amide bonds. The van der Waals surface area contributed by atoms with E-state index in [4.69, 9.17) is 14.6 Å². The summed E-state index contributed by atoms with van der Waals surface area (Å²) in [5.74, 6) is -0.963. The molecule has 0 atom stereocenters. The zero-order valence-corrected chi connectivity index (χ0v) is 11.3. The Kier molecular flexibility index (Phi) is 7.02. The molecule has 1 N–H and O–H groups in total. The number of hydrogen-bond acceptors (Lipinski definition) is 5. The molecule has 19 heavy (non-hydrogen) atoms. The predicted molar refractivity (Wildman–Crippen MR) is 70.2 cm³/mol.